The normalized spacial score (nSPS) is 16.2. The maximum atomic E-state index is 12.8. The fourth-order valence-corrected chi connectivity index (χ4v) is 4.05. The molecule has 1 fully saturated rings. The Kier molecular flexibility index (Phi) is 5.35. The van der Waals surface area contributed by atoms with Crippen molar-refractivity contribution in [2.75, 3.05) is 45.2 Å². The molecule has 0 bridgehead atoms. The molecule has 2 aromatic rings. The number of nitrogens with zero attached hydrogens (tertiary/aromatic N) is 2. The van der Waals surface area contributed by atoms with E-state index in [1.54, 1.807) is 24.1 Å². The van der Waals surface area contributed by atoms with Gasteiger partial charge in [-0.05, 0) is 35.9 Å². The second-order valence-corrected chi connectivity index (χ2v) is 7.50. The smallest absolute Gasteiger partial charge is 0.293 e. The number of fused-ring (bicyclic) bond motifs is 1. The average Bonchev–Trinajstić information content (AvgIpc) is 3.21. The molecule has 2 heterocycles. The van der Waals surface area contributed by atoms with Crippen LogP contribution in [0.25, 0.3) is 0 Å². The van der Waals surface area contributed by atoms with E-state index in [0.29, 0.717) is 24.3 Å². The van der Waals surface area contributed by atoms with Gasteiger partial charge < -0.3 is 19.9 Å². The van der Waals surface area contributed by atoms with Crippen molar-refractivity contribution in [2.45, 2.75) is 13.0 Å². The standard InChI is InChI=1S/C21H24N4O4/c1-22-18-4-3-17(13-19(18)25(27)28)21(26)24-9-7-23(8-10-24)14-15-2-5-20-16(12-15)6-11-29-20/h2-5,12-13,22H,6-11,14H2,1H3/p+1. The maximum absolute atomic E-state index is 12.8. The van der Waals surface area contributed by atoms with Crippen molar-refractivity contribution in [1.82, 2.24) is 4.90 Å². The second kappa shape index (κ2) is 8.08. The van der Waals surface area contributed by atoms with E-state index in [1.807, 2.05) is 0 Å². The topological polar surface area (TPSA) is 89.2 Å². The van der Waals surface area contributed by atoms with Crippen molar-refractivity contribution in [2.24, 2.45) is 0 Å². The Labute approximate surface area is 169 Å². The minimum Gasteiger partial charge on any atom is -0.493 e. The van der Waals surface area contributed by atoms with Crippen molar-refractivity contribution in [3.63, 3.8) is 0 Å². The molecule has 1 saturated heterocycles. The summed E-state index contributed by atoms with van der Waals surface area (Å²) >= 11 is 0. The first kappa shape index (κ1) is 19.2. The lowest BCUT2D eigenvalue weighted by molar-refractivity contribution is -0.917. The molecule has 0 aliphatic carbocycles. The minimum absolute atomic E-state index is 0.0804. The Morgan fingerprint density at radius 2 is 2.03 bits per heavy atom. The molecule has 0 radical (unpaired) electrons. The van der Waals surface area contributed by atoms with Gasteiger partial charge in [0.1, 0.15) is 18.0 Å². The lowest BCUT2D eigenvalue weighted by Gasteiger charge is -2.32. The predicted octanol–water partition coefficient (Wildman–Crippen LogP) is 1.11. The van der Waals surface area contributed by atoms with Crippen LogP contribution in [0.2, 0.25) is 0 Å². The third-order valence-electron chi connectivity index (χ3n) is 5.68. The van der Waals surface area contributed by atoms with Gasteiger partial charge >= 0.3 is 0 Å². The molecule has 29 heavy (non-hydrogen) atoms. The van der Waals surface area contributed by atoms with E-state index < -0.39 is 4.92 Å². The Morgan fingerprint density at radius 1 is 1.24 bits per heavy atom. The quantitative estimate of drug-likeness (QED) is 0.583. The summed E-state index contributed by atoms with van der Waals surface area (Å²) in [5.41, 5.74) is 3.26. The van der Waals surface area contributed by atoms with E-state index in [2.05, 4.69) is 23.5 Å². The lowest BCUT2D eigenvalue weighted by Crippen LogP contribution is -3.13. The minimum atomic E-state index is -0.466. The van der Waals surface area contributed by atoms with Gasteiger partial charge in [0.25, 0.3) is 11.6 Å². The van der Waals surface area contributed by atoms with E-state index in [1.165, 1.54) is 22.1 Å². The van der Waals surface area contributed by atoms with E-state index in [4.69, 9.17) is 4.74 Å². The van der Waals surface area contributed by atoms with Crippen LogP contribution in [-0.2, 0) is 13.0 Å². The zero-order valence-corrected chi connectivity index (χ0v) is 16.4. The largest absolute Gasteiger partial charge is 0.493 e. The molecule has 2 aliphatic heterocycles. The highest BCUT2D eigenvalue weighted by molar-refractivity contribution is 5.95. The van der Waals surface area contributed by atoms with Gasteiger partial charge in [-0.1, -0.05) is 0 Å². The lowest BCUT2D eigenvalue weighted by atomic mass is 10.1. The number of nitrogens with one attached hydrogen (secondary N) is 2. The second-order valence-electron chi connectivity index (χ2n) is 7.50. The van der Waals surface area contributed by atoms with Gasteiger partial charge in [-0.25, -0.2) is 0 Å². The molecule has 0 unspecified atom stereocenters. The van der Waals surface area contributed by atoms with Crippen LogP contribution in [0.4, 0.5) is 11.4 Å². The van der Waals surface area contributed by atoms with E-state index in [-0.39, 0.29) is 11.6 Å². The number of nitro groups is 1. The van der Waals surface area contributed by atoms with Crippen LogP contribution >= 0.6 is 0 Å². The number of ether oxygens (including phenoxy) is 1. The van der Waals surface area contributed by atoms with Crippen LogP contribution in [0, 0.1) is 10.1 Å². The first-order valence-electron chi connectivity index (χ1n) is 9.89. The number of amides is 1. The summed E-state index contributed by atoms with van der Waals surface area (Å²) in [6.45, 7) is 4.69. The van der Waals surface area contributed by atoms with Crippen molar-refractivity contribution in [1.29, 1.82) is 0 Å². The van der Waals surface area contributed by atoms with Crippen LogP contribution in [0.3, 0.4) is 0 Å². The number of rotatable bonds is 5. The molecule has 8 heteroatoms. The highest BCUT2D eigenvalue weighted by atomic mass is 16.6. The number of hydrogen-bond donors (Lipinski definition) is 2. The molecule has 2 N–H and O–H groups in total. The molecule has 2 aromatic carbocycles. The van der Waals surface area contributed by atoms with Crippen LogP contribution in [-0.4, -0.2) is 55.6 Å². The molecule has 0 aromatic heterocycles. The number of benzene rings is 2. The van der Waals surface area contributed by atoms with Gasteiger partial charge in [-0.2, -0.15) is 0 Å². The molecular formula is C21H25N4O4+. The van der Waals surface area contributed by atoms with Gasteiger partial charge in [-0.3, -0.25) is 14.9 Å². The summed E-state index contributed by atoms with van der Waals surface area (Å²) in [7, 11) is 1.62. The van der Waals surface area contributed by atoms with Gasteiger partial charge in [0.15, 0.2) is 0 Å². The molecule has 8 nitrogen and oxygen atoms in total. The summed E-state index contributed by atoms with van der Waals surface area (Å²) in [6.07, 6.45) is 0.971. The zero-order chi connectivity index (χ0) is 20.4. The number of carbonyl (C=O) groups is 1. The maximum Gasteiger partial charge on any atom is 0.293 e. The summed E-state index contributed by atoms with van der Waals surface area (Å²) in [6, 6.07) is 11.0. The molecule has 0 saturated carbocycles. The highest BCUT2D eigenvalue weighted by Crippen LogP contribution is 2.26. The summed E-state index contributed by atoms with van der Waals surface area (Å²) in [5.74, 6) is 0.849. The van der Waals surface area contributed by atoms with Crippen molar-refractivity contribution < 1.29 is 19.4 Å². The molecule has 2 aliphatic rings. The zero-order valence-electron chi connectivity index (χ0n) is 16.4. The van der Waals surface area contributed by atoms with E-state index >= 15 is 0 Å². The van der Waals surface area contributed by atoms with Crippen LogP contribution < -0.4 is 15.0 Å². The Bertz CT molecular complexity index is 938. The fourth-order valence-electron chi connectivity index (χ4n) is 4.05. The number of quaternary nitrogens is 1. The molecule has 1 amide bonds. The SMILES string of the molecule is CNc1ccc(C(=O)N2CC[NH+](Cc3ccc4c(c3)CCO4)CC2)cc1[N+](=O)[O-]. The highest BCUT2D eigenvalue weighted by Gasteiger charge is 2.26. The fraction of sp³-hybridized carbons (Fsp3) is 0.381. The van der Waals surface area contributed by atoms with Gasteiger partial charge in [0, 0.05) is 30.7 Å². The number of anilines is 1. The third kappa shape index (κ3) is 4.02. The molecule has 0 spiro atoms. The molecular weight excluding hydrogens is 372 g/mol. The van der Waals surface area contributed by atoms with Crippen LogP contribution in [0.5, 0.6) is 5.75 Å². The predicted molar refractivity (Wildman–Crippen MR) is 109 cm³/mol. The summed E-state index contributed by atoms with van der Waals surface area (Å²) < 4.78 is 5.57. The Hall–Kier alpha value is -3.13. The van der Waals surface area contributed by atoms with Gasteiger partial charge in [0.05, 0.1) is 37.7 Å². The van der Waals surface area contributed by atoms with Crippen molar-refractivity contribution >= 4 is 17.3 Å². The molecule has 0 atom stereocenters. The number of carbonyl (C=O) groups excluding carboxylic acids is 1. The third-order valence-corrected chi connectivity index (χ3v) is 5.68. The first-order chi connectivity index (χ1) is 14.0. The average molecular weight is 397 g/mol. The summed E-state index contributed by atoms with van der Waals surface area (Å²) in [5, 5.41) is 14.0. The number of piperazine rings is 1. The van der Waals surface area contributed by atoms with Crippen molar-refractivity contribution in [3.05, 3.63) is 63.2 Å². The monoisotopic (exact) mass is 397 g/mol. The van der Waals surface area contributed by atoms with Crippen molar-refractivity contribution in [3.8, 4) is 5.75 Å². The first-order valence-corrected chi connectivity index (χ1v) is 9.89. The Morgan fingerprint density at radius 3 is 2.76 bits per heavy atom. The van der Waals surface area contributed by atoms with E-state index in [0.717, 1.165) is 38.4 Å². The molecule has 4 rings (SSSR count). The summed E-state index contributed by atoms with van der Waals surface area (Å²) in [4.78, 5) is 26.8. The van der Waals surface area contributed by atoms with Gasteiger partial charge in [-0.15, -0.1) is 0 Å². The number of nitro benzene ring substituents is 1. The Balaban J connectivity index is 1.37. The molecule has 152 valence electrons. The van der Waals surface area contributed by atoms with Gasteiger partial charge in [0.2, 0.25) is 0 Å². The van der Waals surface area contributed by atoms with Crippen LogP contribution in [0.15, 0.2) is 36.4 Å². The number of hydrogen-bond acceptors (Lipinski definition) is 5. The van der Waals surface area contributed by atoms with E-state index in [9.17, 15) is 14.9 Å². The van der Waals surface area contributed by atoms with Crippen LogP contribution in [0.1, 0.15) is 21.5 Å².